The molecule has 3 aromatic rings. The number of anilines is 2. The smallest absolute Gasteiger partial charge is 0.272 e. The van der Waals surface area contributed by atoms with Crippen molar-refractivity contribution < 1.29 is 4.79 Å². The van der Waals surface area contributed by atoms with Gasteiger partial charge in [0.05, 0.1) is 0 Å². The fourth-order valence-corrected chi connectivity index (χ4v) is 3.48. The lowest BCUT2D eigenvalue weighted by atomic mass is 10.2. The largest absolute Gasteiger partial charge is 0.382 e. The molecule has 0 aliphatic carbocycles. The van der Waals surface area contributed by atoms with Gasteiger partial charge in [0.1, 0.15) is 5.65 Å². The van der Waals surface area contributed by atoms with Crippen molar-refractivity contribution in [2.24, 2.45) is 0 Å². The highest BCUT2D eigenvalue weighted by Gasteiger charge is 2.17. The number of nitrogens with one attached hydrogen (secondary N) is 1. The van der Waals surface area contributed by atoms with Gasteiger partial charge in [0.25, 0.3) is 5.91 Å². The molecule has 0 spiro atoms. The van der Waals surface area contributed by atoms with Gasteiger partial charge in [-0.3, -0.25) is 9.20 Å². The van der Waals surface area contributed by atoms with Gasteiger partial charge in [-0.25, -0.2) is 4.98 Å². The molecule has 1 aliphatic heterocycles. The molecular weight excluding hydrogens is 350 g/mol. The van der Waals surface area contributed by atoms with Crippen LogP contribution in [0.5, 0.6) is 0 Å². The Morgan fingerprint density at radius 1 is 1.19 bits per heavy atom. The van der Waals surface area contributed by atoms with E-state index in [0.717, 1.165) is 18.7 Å². The van der Waals surface area contributed by atoms with Crippen LogP contribution in [0.4, 0.5) is 11.5 Å². The zero-order valence-electron chi connectivity index (χ0n) is 14.3. The maximum atomic E-state index is 12.6. The molecule has 1 aromatic carbocycles. The standard InChI is InChI=1S/C19H20ClN5O/c20-14-7-10-25-16(11-14)23-18(21)17(25)19(26)22-12-13-3-5-15(6-4-13)24-8-1-2-9-24/h3-7,10-11H,1-2,8-9,12,21H2,(H,22,26). The van der Waals surface area contributed by atoms with Crippen molar-refractivity contribution in [3.05, 3.63) is 58.9 Å². The summed E-state index contributed by atoms with van der Waals surface area (Å²) in [4.78, 5) is 19.2. The number of nitrogen functional groups attached to an aromatic ring is 1. The van der Waals surface area contributed by atoms with Crippen molar-refractivity contribution >= 4 is 34.7 Å². The van der Waals surface area contributed by atoms with Crippen molar-refractivity contribution in [2.75, 3.05) is 23.7 Å². The second-order valence-corrected chi connectivity index (χ2v) is 6.90. The Balaban J connectivity index is 1.46. The summed E-state index contributed by atoms with van der Waals surface area (Å²) in [5.74, 6) is -0.0740. The number of benzene rings is 1. The Morgan fingerprint density at radius 3 is 2.65 bits per heavy atom. The third kappa shape index (κ3) is 3.20. The maximum Gasteiger partial charge on any atom is 0.272 e. The summed E-state index contributed by atoms with van der Waals surface area (Å²) in [7, 11) is 0. The average Bonchev–Trinajstić information content (AvgIpc) is 3.27. The summed E-state index contributed by atoms with van der Waals surface area (Å²) in [6.07, 6.45) is 4.20. The SMILES string of the molecule is Nc1nc2cc(Cl)ccn2c1C(=O)NCc1ccc(N2CCCC2)cc1. The van der Waals surface area contributed by atoms with Crippen LogP contribution in [0.25, 0.3) is 5.65 Å². The molecule has 134 valence electrons. The van der Waals surface area contributed by atoms with Gasteiger partial charge in [-0.05, 0) is 36.6 Å². The van der Waals surface area contributed by atoms with Gasteiger partial charge in [-0.15, -0.1) is 0 Å². The molecule has 7 heteroatoms. The lowest BCUT2D eigenvalue weighted by molar-refractivity contribution is 0.0946. The number of carbonyl (C=O) groups is 1. The lowest BCUT2D eigenvalue weighted by Crippen LogP contribution is -2.25. The maximum absolute atomic E-state index is 12.6. The van der Waals surface area contributed by atoms with E-state index in [1.54, 1.807) is 22.7 Å². The van der Waals surface area contributed by atoms with Gasteiger partial charge in [-0.2, -0.15) is 0 Å². The van der Waals surface area contributed by atoms with Crippen LogP contribution in [0, 0.1) is 0 Å². The van der Waals surface area contributed by atoms with Crippen molar-refractivity contribution in [3.63, 3.8) is 0 Å². The average molecular weight is 370 g/mol. The summed E-state index contributed by atoms with van der Waals surface area (Å²) in [5.41, 5.74) is 9.07. The van der Waals surface area contributed by atoms with E-state index in [1.165, 1.54) is 18.5 Å². The first-order valence-electron chi connectivity index (χ1n) is 8.67. The zero-order chi connectivity index (χ0) is 18.1. The number of hydrogen-bond donors (Lipinski definition) is 2. The first kappa shape index (κ1) is 16.7. The van der Waals surface area contributed by atoms with Crippen LogP contribution in [0.15, 0.2) is 42.6 Å². The van der Waals surface area contributed by atoms with E-state index >= 15 is 0 Å². The number of hydrogen-bond acceptors (Lipinski definition) is 4. The molecule has 0 bridgehead atoms. The fraction of sp³-hybridized carbons (Fsp3) is 0.263. The summed E-state index contributed by atoms with van der Waals surface area (Å²) < 4.78 is 1.65. The minimum absolute atomic E-state index is 0.189. The van der Waals surface area contributed by atoms with Crippen LogP contribution < -0.4 is 16.0 Å². The van der Waals surface area contributed by atoms with E-state index < -0.39 is 0 Å². The minimum Gasteiger partial charge on any atom is -0.382 e. The number of aromatic nitrogens is 2. The number of halogens is 1. The van der Waals surface area contributed by atoms with Crippen LogP contribution in [0.3, 0.4) is 0 Å². The van der Waals surface area contributed by atoms with Crippen LogP contribution in [0.2, 0.25) is 5.02 Å². The molecule has 0 unspecified atom stereocenters. The molecule has 26 heavy (non-hydrogen) atoms. The topological polar surface area (TPSA) is 75.7 Å². The van der Waals surface area contributed by atoms with Crippen LogP contribution >= 0.6 is 11.6 Å². The van der Waals surface area contributed by atoms with Crippen LogP contribution in [-0.2, 0) is 6.54 Å². The van der Waals surface area contributed by atoms with Crippen LogP contribution in [-0.4, -0.2) is 28.4 Å². The second-order valence-electron chi connectivity index (χ2n) is 6.46. The summed E-state index contributed by atoms with van der Waals surface area (Å²) in [6, 6.07) is 11.7. The van der Waals surface area contributed by atoms with E-state index in [0.29, 0.717) is 22.9 Å². The Hall–Kier alpha value is -2.73. The number of rotatable bonds is 4. The van der Waals surface area contributed by atoms with Crippen molar-refractivity contribution in [3.8, 4) is 0 Å². The number of carbonyl (C=O) groups excluding carboxylic acids is 1. The molecule has 1 fully saturated rings. The third-order valence-corrected chi connectivity index (χ3v) is 4.93. The van der Waals surface area contributed by atoms with E-state index in [1.807, 2.05) is 12.1 Å². The molecule has 2 aromatic heterocycles. The number of nitrogens with zero attached hydrogens (tertiary/aromatic N) is 3. The predicted octanol–water partition coefficient (Wildman–Crippen LogP) is 3.10. The zero-order valence-corrected chi connectivity index (χ0v) is 15.0. The molecule has 3 N–H and O–H groups in total. The van der Waals surface area contributed by atoms with Gasteiger partial charge in [0.2, 0.25) is 0 Å². The first-order valence-corrected chi connectivity index (χ1v) is 9.05. The molecular formula is C19H20ClN5O. The Labute approximate surface area is 156 Å². The molecule has 0 atom stereocenters. The highest BCUT2D eigenvalue weighted by molar-refractivity contribution is 6.30. The number of pyridine rings is 1. The van der Waals surface area contributed by atoms with Gasteiger partial charge in [0, 0.05) is 42.6 Å². The van der Waals surface area contributed by atoms with E-state index in [9.17, 15) is 4.79 Å². The Bertz CT molecular complexity index is 944. The van der Waals surface area contributed by atoms with Gasteiger partial charge in [0.15, 0.2) is 11.5 Å². The molecule has 1 aliphatic rings. The second kappa shape index (κ2) is 6.88. The molecule has 4 rings (SSSR count). The van der Waals surface area contributed by atoms with E-state index in [-0.39, 0.29) is 11.7 Å². The van der Waals surface area contributed by atoms with Crippen LogP contribution in [0.1, 0.15) is 28.9 Å². The number of imidazole rings is 1. The highest BCUT2D eigenvalue weighted by atomic mass is 35.5. The van der Waals surface area contributed by atoms with Crippen molar-refractivity contribution in [2.45, 2.75) is 19.4 Å². The third-order valence-electron chi connectivity index (χ3n) is 4.69. The molecule has 1 amide bonds. The summed E-state index contributed by atoms with van der Waals surface area (Å²) >= 11 is 5.96. The molecule has 6 nitrogen and oxygen atoms in total. The molecule has 1 saturated heterocycles. The number of fused-ring (bicyclic) bond motifs is 1. The predicted molar refractivity (Wildman–Crippen MR) is 104 cm³/mol. The Morgan fingerprint density at radius 2 is 1.92 bits per heavy atom. The molecule has 3 heterocycles. The van der Waals surface area contributed by atoms with Crippen molar-refractivity contribution in [1.29, 1.82) is 0 Å². The highest BCUT2D eigenvalue weighted by Crippen LogP contribution is 2.21. The monoisotopic (exact) mass is 369 g/mol. The fourth-order valence-electron chi connectivity index (χ4n) is 3.33. The molecule has 0 radical (unpaired) electrons. The molecule has 0 saturated carbocycles. The van der Waals surface area contributed by atoms with Crippen molar-refractivity contribution in [1.82, 2.24) is 14.7 Å². The summed E-state index contributed by atoms with van der Waals surface area (Å²) in [6.45, 7) is 2.67. The number of amides is 1. The van der Waals surface area contributed by atoms with Gasteiger partial charge < -0.3 is 16.0 Å². The van der Waals surface area contributed by atoms with E-state index in [4.69, 9.17) is 17.3 Å². The van der Waals surface area contributed by atoms with Gasteiger partial charge >= 0.3 is 0 Å². The first-order chi connectivity index (χ1) is 12.6. The normalized spacial score (nSPS) is 14.1. The van der Waals surface area contributed by atoms with E-state index in [2.05, 4.69) is 27.3 Å². The summed E-state index contributed by atoms with van der Waals surface area (Å²) in [5, 5.41) is 3.46. The minimum atomic E-state index is -0.263. The number of nitrogens with two attached hydrogens (primary N) is 1. The quantitative estimate of drug-likeness (QED) is 0.741. The Kier molecular flexibility index (Phi) is 4.42. The lowest BCUT2D eigenvalue weighted by Gasteiger charge is -2.17. The van der Waals surface area contributed by atoms with Gasteiger partial charge in [-0.1, -0.05) is 23.7 Å².